The predicted molar refractivity (Wildman–Crippen MR) is 162 cm³/mol. The third-order valence-electron chi connectivity index (χ3n) is 8.40. The monoisotopic (exact) mass is 529 g/mol. The van der Waals surface area contributed by atoms with Crippen molar-refractivity contribution in [3.8, 4) is 28.4 Å². The van der Waals surface area contributed by atoms with E-state index in [0.717, 1.165) is 46.5 Å². The summed E-state index contributed by atoms with van der Waals surface area (Å²) in [5.74, 6) is 2.59. The fourth-order valence-electron chi connectivity index (χ4n) is 6.00. The number of hydrogen-bond donors (Lipinski definition) is 3. The Hall–Kier alpha value is -2.98. The first-order valence-corrected chi connectivity index (χ1v) is 14.4. The van der Waals surface area contributed by atoms with Crippen molar-refractivity contribution in [2.75, 3.05) is 13.7 Å². The highest BCUT2D eigenvalue weighted by Crippen LogP contribution is 2.41. The van der Waals surface area contributed by atoms with E-state index in [1.807, 2.05) is 36.4 Å². The van der Waals surface area contributed by atoms with Crippen LogP contribution in [0.5, 0.6) is 17.2 Å². The maximum Gasteiger partial charge on any atom is 0.126 e. The van der Waals surface area contributed by atoms with E-state index in [2.05, 4.69) is 65.1 Å². The number of aromatic hydroxyl groups is 2. The molecule has 4 nitrogen and oxygen atoms in total. The van der Waals surface area contributed by atoms with Crippen LogP contribution in [0.2, 0.25) is 0 Å². The Morgan fingerprint density at radius 3 is 2.18 bits per heavy atom. The molecule has 0 aliphatic heterocycles. The summed E-state index contributed by atoms with van der Waals surface area (Å²) in [6.45, 7) is 14.7. The average molecular weight is 530 g/mol. The molecule has 4 rings (SSSR count). The minimum Gasteiger partial charge on any atom is -0.507 e. The molecule has 4 heteroatoms. The van der Waals surface area contributed by atoms with Gasteiger partial charge in [-0.3, -0.25) is 0 Å². The van der Waals surface area contributed by atoms with E-state index in [1.54, 1.807) is 7.11 Å². The second kappa shape index (κ2) is 11.6. The van der Waals surface area contributed by atoms with Crippen LogP contribution in [-0.4, -0.2) is 23.9 Å². The first kappa shape index (κ1) is 29.0. The van der Waals surface area contributed by atoms with Crippen LogP contribution in [0.1, 0.15) is 83.1 Å². The molecule has 0 saturated heterocycles. The molecular weight excluding hydrogens is 482 g/mol. The molecule has 0 heterocycles. The van der Waals surface area contributed by atoms with Gasteiger partial charge in [-0.05, 0) is 71.2 Å². The van der Waals surface area contributed by atoms with Crippen LogP contribution in [-0.2, 0) is 23.8 Å². The van der Waals surface area contributed by atoms with Crippen molar-refractivity contribution in [1.82, 2.24) is 5.32 Å². The smallest absolute Gasteiger partial charge is 0.126 e. The lowest BCUT2D eigenvalue weighted by Gasteiger charge is -2.28. The van der Waals surface area contributed by atoms with Gasteiger partial charge in [0.05, 0.1) is 7.11 Å². The minimum absolute atomic E-state index is 0.0132. The van der Waals surface area contributed by atoms with Crippen molar-refractivity contribution in [2.45, 2.75) is 84.6 Å². The Bertz CT molecular complexity index is 1280. The molecule has 0 radical (unpaired) electrons. The number of methoxy groups -OCH3 is 1. The lowest BCUT2D eigenvalue weighted by Crippen LogP contribution is -2.26. The van der Waals surface area contributed by atoms with Crippen molar-refractivity contribution in [3.63, 3.8) is 0 Å². The maximum absolute atomic E-state index is 11.2. The molecule has 3 aromatic rings. The lowest BCUT2D eigenvalue weighted by molar-refractivity contribution is 0.357. The summed E-state index contributed by atoms with van der Waals surface area (Å²) in [4.78, 5) is 0. The van der Waals surface area contributed by atoms with E-state index >= 15 is 0 Å². The van der Waals surface area contributed by atoms with Gasteiger partial charge in [0.25, 0.3) is 0 Å². The van der Waals surface area contributed by atoms with Crippen LogP contribution in [0.25, 0.3) is 11.1 Å². The van der Waals surface area contributed by atoms with Crippen molar-refractivity contribution in [2.24, 2.45) is 11.8 Å². The fourth-order valence-corrected chi connectivity index (χ4v) is 6.00. The highest BCUT2D eigenvalue weighted by atomic mass is 16.5. The summed E-state index contributed by atoms with van der Waals surface area (Å²) in [7, 11) is 1.67. The van der Waals surface area contributed by atoms with Gasteiger partial charge in [0.1, 0.15) is 17.2 Å². The molecule has 0 bridgehead atoms. The third-order valence-corrected chi connectivity index (χ3v) is 8.40. The second-order valence-corrected chi connectivity index (χ2v) is 13.3. The van der Waals surface area contributed by atoms with Crippen LogP contribution in [0.15, 0.2) is 54.6 Å². The summed E-state index contributed by atoms with van der Waals surface area (Å²) in [6, 6.07) is 18.3. The molecule has 0 aromatic heterocycles. The SMILES string of the molecule is COc1ccccc1-c1cccc(CC2CCC[C@H]2CNCc2cc(C(C)(C)C)cc(C(C)(C)C)c2O)c1O. The molecule has 1 aliphatic rings. The molecular formula is C35H47NO3. The molecule has 0 amide bonds. The van der Waals surface area contributed by atoms with Crippen molar-refractivity contribution >= 4 is 0 Å². The highest BCUT2D eigenvalue weighted by molar-refractivity contribution is 5.76. The number of phenols is 2. The molecule has 39 heavy (non-hydrogen) atoms. The third kappa shape index (κ3) is 6.61. The van der Waals surface area contributed by atoms with Gasteiger partial charge in [0.15, 0.2) is 0 Å². The largest absolute Gasteiger partial charge is 0.507 e. The Morgan fingerprint density at radius 2 is 1.49 bits per heavy atom. The normalized spacial score (nSPS) is 17.9. The maximum atomic E-state index is 11.2. The van der Waals surface area contributed by atoms with Gasteiger partial charge >= 0.3 is 0 Å². The first-order valence-electron chi connectivity index (χ1n) is 14.4. The Labute approximate surface area is 235 Å². The number of ether oxygens (including phenoxy) is 1. The van der Waals surface area contributed by atoms with Gasteiger partial charge in [-0.15, -0.1) is 0 Å². The molecule has 2 atom stereocenters. The quantitative estimate of drug-likeness (QED) is 0.276. The Balaban J connectivity index is 1.47. The van der Waals surface area contributed by atoms with Gasteiger partial charge in [-0.1, -0.05) is 96.5 Å². The number of phenolic OH excluding ortho intramolecular Hbond substituents is 2. The number of hydrogen-bond acceptors (Lipinski definition) is 4. The number of para-hydroxylation sites is 2. The minimum atomic E-state index is -0.128. The summed E-state index contributed by atoms with van der Waals surface area (Å²) < 4.78 is 5.55. The zero-order valence-corrected chi connectivity index (χ0v) is 24.9. The highest BCUT2D eigenvalue weighted by Gasteiger charge is 2.29. The van der Waals surface area contributed by atoms with Crippen LogP contribution < -0.4 is 10.1 Å². The predicted octanol–water partition coefficient (Wildman–Crippen LogP) is 8.12. The average Bonchev–Trinajstić information content (AvgIpc) is 3.31. The number of rotatable bonds is 8. The topological polar surface area (TPSA) is 61.7 Å². The van der Waals surface area contributed by atoms with Gasteiger partial charge < -0.3 is 20.3 Å². The Morgan fingerprint density at radius 1 is 0.795 bits per heavy atom. The molecule has 0 spiro atoms. The zero-order valence-electron chi connectivity index (χ0n) is 24.9. The number of nitrogens with one attached hydrogen (secondary N) is 1. The van der Waals surface area contributed by atoms with E-state index in [1.165, 1.54) is 24.8 Å². The number of benzene rings is 3. The van der Waals surface area contributed by atoms with Crippen molar-refractivity contribution < 1.29 is 14.9 Å². The van der Waals surface area contributed by atoms with Gasteiger partial charge in [-0.2, -0.15) is 0 Å². The van der Waals surface area contributed by atoms with Crippen molar-refractivity contribution in [3.05, 3.63) is 76.9 Å². The van der Waals surface area contributed by atoms with Crippen LogP contribution >= 0.6 is 0 Å². The fraction of sp³-hybridized carbons (Fsp3) is 0.486. The summed E-state index contributed by atoms with van der Waals surface area (Å²) in [5, 5.41) is 26.1. The van der Waals surface area contributed by atoms with Crippen LogP contribution in [0.4, 0.5) is 0 Å². The molecule has 1 unspecified atom stereocenters. The molecule has 1 fully saturated rings. The van der Waals surface area contributed by atoms with Gasteiger partial charge in [-0.25, -0.2) is 0 Å². The van der Waals surface area contributed by atoms with Gasteiger partial charge in [0.2, 0.25) is 0 Å². The van der Waals surface area contributed by atoms with E-state index in [0.29, 0.717) is 29.9 Å². The summed E-state index contributed by atoms with van der Waals surface area (Å²) in [6.07, 6.45) is 4.43. The van der Waals surface area contributed by atoms with Crippen LogP contribution in [0, 0.1) is 11.8 Å². The van der Waals surface area contributed by atoms with E-state index in [4.69, 9.17) is 4.74 Å². The van der Waals surface area contributed by atoms with E-state index in [9.17, 15) is 10.2 Å². The molecule has 3 aromatic carbocycles. The molecule has 3 N–H and O–H groups in total. The van der Waals surface area contributed by atoms with Crippen LogP contribution in [0.3, 0.4) is 0 Å². The Kier molecular flexibility index (Phi) is 8.66. The standard InChI is InChI=1S/C35H47NO3/c1-34(2,3)27-19-26(33(38)30(20-27)35(4,5)6)22-36-21-25-14-10-12-23(25)18-24-13-11-16-29(32(24)37)28-15-8-9-17-31(28)39-7/h8-9,11,13,15-17,19-20,23,25,36-38H,10,12,14,18,21-22H2,1-7H3/t23?,25-/m0/s1. The lowest BCUT2D eigenvalue weighted by atomic mass is 9.79. The zero-order chi connectivity index (χ0) is 28.4. The second-order valence-electron chi connectivity index (χ2n) is 13.3. The van der Waals surface area contributed by atoms with Gasteiger partial charge in [0, 0.05) is 23.2 Å². The van der Waals surface area contributed by atoms with E-state index < -0.39 is 0 Å². The van der Waals surface area contributed by atoms with E-state index in [-0.39, 0.29) is 10.8 Å². The summed E-state index contributed by atoms with van der Waals surface area (Å²) >= 11 is 0. The first-order chi connectivity index (χ1) is 18.4. The molecule has 1 aliphatic carbocycles. The summed E-state index contributed by atoms with van der Waals surface area (Å²) in [5.41, 5.74) is 5.86. The van der Waals surface area contributed by atoms with Crippen molar-refractivity contribution in [1.29, 1.82) is 0 Å². The molecule has 210 valence electrons. The molecule has 1 saturated carbocycles.